The largest absolute Gasteiger partial charge is 0.396 e. The Bertz CT molecular complexity index is 430. The van der Waals surface area contributed by atoms with E-state index < -0.39 is 0 Å². The molecule has 1 fully saturated rings. The lowest BCUT2D eigenvalue weighted by Crippen LogP contribution is -2.46. The first kappa shape index (κ1) is 17.3. The molecule has 4 heteroatoms. The van der Waals surface area contributed by atoms with Crippen LogP contribution in [0.4, 0.5) is 5.69 Å². The molecule has 1 saturated heterocycles. The molecule has 2 N–H and O–H groups in total. The number of anilines is 1. The molecule has 124 valence electrons. The van der Waals surface area contributed by atoms with Gasteiger partial charge >= 0.3 is 0 Å². The van der Waals surface area contributed by atoms with E-state index >= 15 is 0 Å². The third kappa shape index (κ3) is 4.97. The number of hydrogen-bond donors (Lipinski definition) is 2. The zero-order chi connectivity index (χ0) is 15.8. The van der Waals surface area contributed by atoms with Crippen molar-refractivity contribution in [1.29, 1.82) is 0 Å². The highest BCUT2D eigenvalue weighted by molar-refractivity contribution is 5.54. The Hall–Kier alpha value is -1.10. The van der Waals surface area contributed by atoms with E-state index in [0.29, 0.717) is 5.92 Å². The van der Waals surface area contributed by atoms with Gasteiger partial charge < -0.3 is 20.2 Å². The SMILES string of the molecule is CCN1CCN(c2ccccc2CNCC(C)CCO)CC1. The summed E-state index contributed by atoms with van der Waals surface area (Å²) in [5.74, 6) is 0.519. The maximum atomic E-state index is 8.97. The van der Waals surface area contributed by atoms with E-state index in [4.69, 9.17) is 5.11 Å². The van der Waals surface area contributed by atoms with Crippen LogP contribution in [-0.2, 0) is 6.54 Å². The topological polar surface area (TPSA) is 38.7 Å². The van der Waals surface area contributed by atoms with Gasteiger partial charge in [0.25, 0.3) is 0 Å². The highest BCUT2D eigenvalue weighted by Gasteiger charge is 2.17. The number of nitrogens with one attached hydrogen (secondary N) is 1. The summed E-state index contributed by atoms with van der Waals surface area (Å²) >= 11 is 0. The Morgan fingerprint density at radius 1 is 1.18 bits per heavy atom. The Morgan fingerprint density at radius 3 is 2.59 bits per heavy atom. The standard InChI is InChI=1S/C18H31N3O/c1-3-20-9-11-21(12-10-20)18-7-5-4-6-17(18)15-19-14-16(2)8-13-22/h4-7,16,19,22H,3,8-15H2,1-2H3. The molecule has 0 bridgehead atoms. The number of hydrogen-bond acceptors (Lipinski definition) is 4. The van der Waals surface area contributed by atoms with Gasteiger partial charge in [0.1, 0.15) is 0 Å². The molecule has 1 aliphatic rings. The van der Waals surface area contributed by atoms with Gasteiger partial charge in [-0.25, -0.2) is 0 Å². The van der Waals surface area contributed by atoms with Crippen molar-refractivity contribution in [2.24, 2.45) is 5.92 Å². The van der Waals surface area contributed by atoms with Gasteiger partial charge in [-0.3, -0.25) is 0 Å². The number of rotatable bonds is 8. The fraction of sp³-hybridized carbons (Fsp3) is 0.667. The minimum atomic E-state index is 0.279. The summed E-state index contributed by atoms with van der Waals surface area (Å²) in [6, 6.07) is 8.74. The van der Waals surface area contributed by atoms with Crippen LogP contribution >= 0.6 is 0 Å². The van der Waals surface area contributed by atoms with Crippen LogP contribution in [0.15, 0.2) is 24.3 Å². The molecule has 4 nitrogen and oxygen atoms in total. The van der Waals surface area contributed by atoms with Crippen LogP contribution in [-0.4, -0.2) is 55.9 Å². The lowest BCUT2D eigenvalue weighted by Gasteiger charge is -2.36. The van der Waals surface area contributed by atoms with Gasteiger partial charge in [0.05, 0.1) is 0 Å². The van der Waals surface area contributed by atoms with Crippen molar-refractivity contribution in [2.45, 2.75) is 26.8 Å². The maximum Gasteiger partial charge on any atom is 0.0434 e. The van der Waals surface area contributed by atoms with E-state index in [1.807, 2.05) is 0 Å². The van der Waals surface area contributed by atoms with E-state index in [1.54, 1.807) is 0 Å². The quantitative estimate of drug-likeness (QED) is 0.770. The first-order chi connectivity index (χ1) is 10.7. The minimum Gasteiger partial charge on any atom is -0.396 e. The van der Waals surface area contributed by atoms with Gasteiger partial charge in [0.15, 0.2) is 0 Å². The van der Waals surface area contributed by atoms with Crippen molar-refractivity contribution in [2.75, 3.05) is 50.8 Å². The van der Waals surface area contributed by atoms with Crippen LogP contribution < -0.4 is 10.2 Å². The number of aliphatic hydroxyl groups excluding tert-OH is 1. The van der Waals surface area contributed by atoms with Crippen molar-refractivity contribution in [3.8, 4) is 0 Å². The van der Waals surface area contributed by atoms with Crippen LogP contribution in [0, 0.1) is 5.92 Å². The van der Waals surface area contributed by atoms with E-state index in [1.165, 1.54) is 11.3 Å². The van der Waals surface area contributed by atoms with Crippen molar-refractivity contribution < 1.29 is 5.11 Å². The van der Waals surface area contributed by atoms with Crippen LogP contribution in [0.5, 0.6) is 0 Å². The van der Waals surface area contributed by atoms with E-state index in [0.717, 1.165) is 52.2 Å². The molecule has 1 aliphatic heterocycles. The summed E-state index contributed by atoms with van der Waals surface area (Å²) in [5, 5.41) is 12.5. The third-order valence-electron chi connectivity index (χ3n) is 4.58. The molecule has 22 heavy (non-hydrogen) atoms. The molecule has 0 aromatic heterocycles. The first-order valence-electron chi connectivity index (χ1n) is 8.61. The van der Waals surface area contributed by atoms with Gasteiger partial charge in [-0.05, 0) is 37.1 Å². The number of benzene rings is 1. The molecule has 0 amide bonds. The highest BCUT2D eigenvalue weighted by Crippen LogP contribution is 2.21. The fourth-order valence-corrected chi connectivity index (χ4v) is 3.05. The maximum absolute atomic E-state index is 8.97. The molecule has 0 saturated carbocycles. The molecule has 1 atom stereocenters. The molecule has 1 heterocycles. The van der Waals surface area contributed by atoms with Gasteiger partial charge in [0.2, 0.25) is 0 Å². The van der Waals surface area contributed by atoms with Gasteiger partial charge in [-0.2, -0.15) is 0 Å². The highest BCUT2D eigenvalue weighted by atomic mass is 16.3. The van der Waals surface area contributed by atoms with E-state index in [2.05, 4.69) is 53.2 Å². The summed E-state index contributed by atoms with van der Waals surface area (Å²) < 4.78 is 0. The second-order valence-corrected chi connectivity index (χ2v) is 6.30. The zero-order valence-corrected chi connectivity index (χ0v) is 14.1. The number of nitrogens with zero attached hydrogens (tertiary/aromatic N) is 2. The Morgan fingerprint density at radius 2 is 1.91 bits per heavy atom. The van der Waals surface area contributed by atoms with Crippen molar-refractivity contribution >= 4 is 5.69 Å². The van der Waals surface area contributed by atoms with Crippen LogP contribution in [0.3, 0.4) is 0 Å². The molecule has 0 aliphatic carbocycles. The molecular formula is C18H31N3O. The molecule has 0 spiro atoms. The van der Waals surface area contributed by atoms with E-state index in [9.17, 15) is 0 Å². The molecule has 2 rings (SSSR count). The van der Waals surface area contributed by atoms with Crippen LogP contribution in [0.2, 0.25) is 0 Å². The molecule has 1 aromatic carbocycles. The average Bonchev–Trinajstić information content (AvgIpc) is 2.56. The fourth-order valence-electron chi connectivity index (χ4n) is 3.05. The Labute approximate surface area is 135 Å². The summed E-state index contributed by atoms with van der Waals surface area (Å²) in [7, 11) is 0. The average molecular weight is 305 g/mol. The van der Waals surface area contributed by atoms with Crippen molar-refractivity contribution in [3.05, 3.63) is 29.8 Å². The van der Waals surface area contributed by atoms with Gasteiger partial charge in [0, 0.05) is 45.0 Å². The molecule has 1 unspecified atom stereocenters. The van der Waals surface area contributed by atoms with Gasteiger partial charge in [-0.15, -0.1) is 0 Å². The first-order valence-corrected chi connectivity index (χ1v) is 8.61. The number of likely N-dealkylation sites (N-methyl/N-ethyl adjacent to an activating group) is 1. The Kier molecular flexibility index (Phi) is 7.16. The third-order valence-corrected chi connectivity index (χ3v) is 4.58. The zero-order valence-electron chi connectivity index (χ0n) is 14.1. The predicted molar refractivity (Wildman–Crippen MR) is 93.3 cm³/mol. The van der Waals surface area contributed by atoms with Crippen molar-refractivity contribution in [3.63, 3.8) is 0 Å². The van der Waals surface area contributed by atoms with E-state index in [-0.39, 0.29) is 6.61 Å². The second-order valence-electron chi connectivity index (χ2n) is 6.30. The Balaban J connectivity index is 1.90. The summed E-state index contributed by atoms with van der Waals surface area (Å²) in [6.07, 6.45) is 0.869. The lowest BCUT2D eigenvalue weighted by atomic mass is 10.1. The monoisotopic (exact) mass is 305 g/mol. The number of piperazine rings is 1. The predicted octanol–water partition coefficient (Wildman–Crippen LogP) is 1.94. The van der Waals surface area contributed by atoms with Crippen LogP contribution in [0.25, 0.3) is 0 Å². The summed E-state index contributed by atoms with van der Waals surface area (Å²) in [6.45, 7) is 12.3. The number of aliphatic hydroxyl groups is 1. The molecular weight excluding hydrogens is 274 g/mol. The van der Waals surface area contributed by atoms with Crippen molar-refractivity contribution in [1.82, 2.24) is 10.2 Å². The normalized spacial score (nSPS) is 17.7. The second kappa shape index (κ2) is 9.13. The summed E-state index contributed by atoms with van der Waals surface area (Å²) in [5.41, 5.74) is 2.75. The number of para-hydroxylation sites is 1. The minimum absolute atomic E-state index is 0.279. The lowest BCUT2D eigenvalue weighted by molar-refractivity contribution is 0.260. The molecule has 1 aromatic rings. The summed E-state index contributed by atoms with van der Waals surface area (Å²) in [4.78, 5) is 5.02. The smallest absolute Gasteiger partial charge is 0.0434 e. The van der Waals surface area contributed by atoms with Crippen LogP contribution in [0.1, 0.15) is 25.8 Å². The van der Waals surface area contributed by atoms with Gasteiger partial charge in [-0.1, -0.05) is 32.0 Å². The molecule has 0 radical (unpaired) electrons.